The first-order valence-electron chi connectivity index (χ1n) is 7.24. The summed E-state index contributed by atoms with van der Waals surface area (Å²) >= 11 is 0. The molecule has 0 saturated heterocycles. The summed E-state index contributed by atoms with van der Waals surface area (Å²) in [7, 11) is 0. The van der Waals surface area contributed by atoms with E-state index >= 15 is 0 Å². The van der Waals surface area contributed by atoms with E-state index in [4.69, 9.17) is 0 Å². The SMILES string of the molecule is Cc1cc2ccccc2n1CCNC(=O)c1ccc(F)cc1. The number of rotatable bonds is 4. The Kier molecular flexibility index (Phi) is 3.92. The van der Waals surface area contributed by atoms with E-state index in [1.807, 2.05) is 12.1 Å². The van der Waals surface area contributed by atoms with Crippen LogP contribution in [0.15, 0.2) is 54.6 Å². The lowest BCUT2D eigenvalue weighted by atomic mass is 10.2. The smallest absolute Gasteiger partial charge is 0.251 e. The number of nitrogens with one attached hydrogen (secondary N) is 1. The molecule has 1 N–H and O–H groups in total. The standard InChI is InChI=1S/C18H17FN2O/c1-13-12-15-4-2-3-5-17(15)21(13)11-10-20-18(22)14-6-8-16(19)9-7-14/h2-9,12H,10-11H2,1H3,(H,20,22). The van der Waals surface area contributed by atoms with Gasteiger partial charge in [0.15, 0.2) is 0 Å². The van der Waals surface area contributed by atoms with Gasteiger partial charge >= 0.3 is 0 Å². The summed E-state index contributed by atoms with van der Waals surface area (Å²) in [6.45, 7) is 3.28. The van der Waals surface area contributed by atoms with Crippen LogP contribution in [0.2, 0.25) is 0 Å². The van der Waals surface area contributed by atoms with Crippen molar-refractivity contribution in [3.63, 3.8) is 0 Å². The molecule has 0 bridgehead atoms. The van der Waals surface area contributed by atoms with Gasteiger partial charge in [0, 0.05) is 29.9 Å². The van der Waals surface area contributed by atoms with Crippen LogP contribution in [0.1, 0.15) is 16.1 Å². The monoisotopic (exact) mass is 296 g/mol. The van der Waals surface area contributed by atoms with Crippen LogP contribution in [0.25, 0.3) is 10.9 Å². The van der Waals surface area contributed by atoms with Gasteiger partial charge in [0.05, 0.1) is 0 Å². The van der Waals surface area contributed by atoms with Gasteiger partial charge in [-0.15, -0.1) is 0 Å². The molecule has 1 heterocycles. The van der Waals surface area contributed by atoms with Crippen molar-refractivity contribution in [3.05, 3.63) is 71.7 Å². The average molecular weight is 296 g/mol. The maximum Gasteiger partial charge on any atom is 0.251 e. The minimum atomic E-state index is -0.342. The summed E-state index contributed by atoms with van der Waals surface area (Å²) < 4.78 is 15.0. The number of aryl methyl sites for hydroxylation is 1. The summed E-state index contributed by atoms with van der Waals surface area (Å²) in [5, 5.41) is 4.07. The Bertz CT molecular complexity index is 806. The van der Waals surface area contributed by atoms with Crippen LogP contribution in [0.5, 0.6) is 0 Å². The van der Waals surface area contributed by atoms with Crippen molar-refractivity contribution >= 4 is 16.8 Å². The van der Waals surface area contributed by atoms with E-state index in [0.717, 1.165) is 11.2 Å². The van der Waals surface area contributed by atoms with E-state index in [1.165, 1.54) is 29.7 Å². The first kappa shape index (κ1) is 14.3. The number of para-hydroxylation sites is 1. The fourth-order valence-electron chi connectivity index (χ4n) is 2.63. The maximum atomic E-state index is 12.8. The van der Waals surface area contributed by atoms with Crippen LogP contribution >= 0.6 is 0 Å². The van der Waals surface area contributed by atoms with Gasteiger partial charge < -0.3 is 9.88 Å². The molecule has 0 radical (unpaired) electrons. The van der Waals surface area contributed by atoms with Crippen LogP contribution < -0.4 is 5.32 Å². The molecule has 3 aromatic rings. The summed E-state index contributed by atoms with van der Waals surface area (Å²) in [6, 6.07) is 15.9. The molecular weight excluding hydrogens is 279 g/mol. The Morgan fingerprint density at radius 2 is 1.86 bits per heavy atom. The first-order valence-corrected chi connectivity index (χ1v) is 7.24. The average Bonchev–Trinajstić information content (AvgIpc) is 2.84. The number of carbonyl (C=O) groups is 1. The molecule has 2 aromatic carbocycles. The van der Waals surface area contributed by atoms with E-state index in [0.29, 0.717) is 18.7 Å². The molecule has 3 rings (SSSR count). The summed E-state index contributed by atoms with van der Waals surface area (Å²) in [5.41, 5.74) is 2.80. The molecule has 0 atom stereocenters. The van der Waals surface area contributed by atoms with E-state index < -0.39 is 0 Å². The number of hydrogen-bond donors (Lipinski definition) is 1. The van der Waals surface area contributed by atoms with Crippen molar-refractivity contribution in [2.24, 2.45) is 0 Å². The molecule has 0 unspecified atom stereocenters. The largest absolute Gasteiger partial charge is 0.350 e. The highest BCUT2D eigenvalue weighted by molar-refractivity contribution is 5.94. The second-order valence-electron chi connectivity index (χ2n) is 5.26. The predicted molar refractivity (Wildman–Crippen MR) is 85.4 cm³/mol. The number of carbonyl (C=O) groups excluding carboxylic acids is 1. The molecule has 0 fully saturated rings. The van der Waals surface area contributed by atoms with Crippen molar-refractivity contribution in [1.29, 1.82) is 0 Å². The van der Waals surface area contributed by atoms with E-state index in [9.17, 15) is 9.18 Å². The normalized spacial score (nSPS) is 10.8. The zero-order valence-electron chi connectivity index (χ0n) is 12.3. The minimum Gasteiger partial charge on any atom is -0.350 e. The topological polar surface area (TPSA) is 34.0 Å². The Morgan fingerprint density at radius 3 is 2.64 bits per heavy atom. The van der Waals surface area contributed by atoms with Gasteiger partial charge in [0.1, 0.15) is 5.82 Å². The maximum absolute atomic E-state index is 12.8. The van der Waals surface area contributed by atoms with Gasteiger partial charge in [-0.25, -0.2) is 4.39 Å². The highest BCUT2D eigenvalue weighted by Gasteiger charge is 2.07. The molecule has 22 heavy (non-hydrogen) atoms. The molecule has 0 aliphatic carbocycles. The lowest BCUT2D eigenvalue weighted by molar-refractivity contribution is 0.0952. The second kappa shape index (κ2) is 6.02. The molecule has 3 nitrogen and oxygen atoms in total. The molecule has 1 amide bonds. The van der Waals surface area contributed by atoms with E-state index in [1.54, 1.807) is 0 Å². The highest BCUT2D eigenvalue weighted by atomic mass is 19.1. The quantitative estimate of drug-likeness (QED) is 0.785. The third-order valence-electron chi connectivity index (χ3n) is 3.75. The summed E-state index contributed by atoms with van der Waals surface area (Å²) in [6.07, 6.45) is 0. The predicted octanol–water partition coefficient (Wildman–Crippen LogP) is 3.52. The summed E-state index contributed by atoms with van der Waals surface area (Å²) in [5.74, 6) is -0.528. The van der Waals surface area contributed by atoms with Crippen molar-refractivity contribution in [3.8, 4) is 0 Å². The molecule has 1 aromatic heterocycles. The Morgan fingerprint density at radius 1 is 1.14 bits per heavy atom. The lowest BCUT2D eigenvalue weighted by Gasteiger charge is -2.10. The molecule has 112 valence electrons. The fraction of sp³-hybridized carbons (Fsp3) is 0.167. The van der Waals surface area contributed by atoms with Gasteiger partial charge in [-0.1, -0.05) is 18.2 Å². The number of benzene rings is 2. The van der Waals surface area contributed by atoms with Gasteiger partial charge in [0.25, 0.3) is 5.91 Å². The molecule has 0 spiro atoms. The zero-order valence-corrected chi connectivity index (χ0v) is 12.3. The van der Waals surface area contributed by atoms with E-state index in [-0.39, 0.29) is 11.7 Å². The minimum absolute atomic E-state index is 0.186. The third-order valence-corrected chi connectivity index (χ3v) is 3.75. The number of hydrogen-bond acceptors (Lipinski definition) is 1. The lowest BCUT2D eigenvalue weighted by Crippen LogP contribution is -2.27. The molecule has 0 aliphatic rings. The molecule has 4 heteroatoms. The first-order chi connectivity index (χ1) is 10.6. The van der Waals surface area contributed by atoms with Crippen molar-refractivity contribution in [1.82, 2.24) is 9.88 Å². The highest BCUT2D eigenvalue weighted by Crippen LogP contribution is 2.18. The molecular formula is C18H17FN2O. The van der Waals surface area contributed by atoms with Crippen LogP contribution in [-0.2, 0) is 6.54 Å². The van der Waals surface area contributed by atoms with Crippen LogP contribution in [-0.4, -0.2) is 17.0 Å². The van der Waals surface area contributed by atoms with Gasteiger partial charge in [-0.05, 0) is 48.7 Å². The van der Waals surface area contributed by atoms with E-state index in [2.05, 4.69) is 35.0 Å². The Labute approximate surface area is 128 Å². The Balaban J connectivity index is 1.66. The zero-order chi connectivity index (χ0) is 15.5. The Hall–Kier alpha value is -2.62. The molecule has 0 aliphatic heterocycles. The molecule has 0 saturated carbocycles. The second-order valence-corrected chi connectivity index (χ2v) is 5.26. The number of amides is 1. The fourth-order valence-corrected chi connectivity index (χ4v) is 2.63. The number of halogens is 1. The number of nitrogens with zero attached hydrogens (tertiary/aromatic N) is 1. The van der Waals surface area contributed by atoms with Crippen LogP contribution in [0.3, 0.4) is 0 Å². The van der Waals surface area contributed by atoms with Gasteiger partial charge in [-0.2, -0.15) is 0 Å². The van der Waals surface area contributed by atoms with Gasteiger partial charge in [0.2, 0.25) is 0 Å². The van der Waals surface area contributed by atoms with Crippen molar-refractivity contribution in [2.75, 3.05) is 6.54 Å². The van der Waals surface area contributed by atoms with Crippen LogP contribution in [0, 0.1) is 12.7 Å². The summed E-state index contributed by atoms with van der Waals surface area (Å²) in [4.78, 5) is 12.0. The number of aromatic nitrogens is 1. The number of fused-ring (bicyclic) bond motifs is 1. The van der Waals surface area contributed by atoms with Crippen LogP contribution in [0.4, 0.5) is 4.39 Å². The van der Waals surface area contributed by atoms with Crippen molar-refractivity contribution in [2.45, 2.75) is 13.5 Å². The van der Waals surface area contributed by atoms with Gasteiger partial charge in [-0.3, -0.25) is 4.79 Å². The third kappa shape index (κ3) is 2.86. The van der Waals surface area contributed by atoms with Crippen molar-refractivity contribution < 1.29 is 9.18 Å².